The minimum atomic E-state index is -1.05. The first-order chi connectivity index (χ1) is 9.59. The van der Waals surface area contributed by atoms with Gasteiger partial charge in [-0.3, -0.25) is 4.79 Å². The third kappa shape index (κ3) is 2.07. The van der Waals surface area contributed by atoms with Gasteiger partial charge < -0.3 is 0 Å². The van der Waals surface area contributed by atoms with Gasteiger partial charge in [0.25, 0.3) is 0 Å². The molecule has 100 valence electrons. The fourth-order valence-electron chi connectivity index (χ4n) is 2.02. The molecule has 1 heterocycles. The molecule has 2 aromatic carbocycles. The third-order valence-corrected chi connectivity index (χ3v) is 4.74. The van der Waals surface area contributed by atoms with Gasteiger partial charge in [0.1, 0.15) is 0 Å². The lowest BCUT2D eigenvalue weighted by Crippen LogP contribution is -2.04. The van der Waals surface area contributed by atoms with Crippen molar-refractivity contribution in [1.82, 2.24) is 0 Å². The Balaban J connectivity index is 2.18. The molecule has 0 radical (unpaired) electrons. The molecule has 0 aliphatic rings. The monoisotopic (exact) mass is 352 g/mol. The zero-order valence-corrected chi connectivity index (χ0v) is 12.4. The first-order valence-corrected chi connectivity index (χ1v) is 7.41. The van der Waals surface area contributed by atoms with Crippen LogP contribution in [-0.4, -0.2) is 5.78 Å². The lowest BCUT2D eigenvalue weighted by atomic mass is 10.0. The molecule has 3 rings (SSSR count). The SMILES string of the molecule is O=C(c1ccc(F)c(F)c1Br)c1cccc2ccsc12. The number of rotatable bonds is 2. The summed E-state index contributed by atoms with van der Waals surface area (Å²) in [4.78, 5) is 12.5. The van der Waals surface area contributed by atoms with Gasteiger partial charge in [-0.1, -0.05) is 12.1 Å². The van der Waals surface area contributed by atoms with E-state index in [4.69, 9.17) is 0 Å². The molecule has 20 heavy (non-hydrogen) atoms. The number of fused-ring (bicyclic) bond motifs is 1. The predicted molar refractivity (Wildman–Crippen MR) is 79.3 cm³/mol. The number of carbonyl (C=O) groups excluding carboxylic acids is 1. The van der Waals surface area contributed by atoms with Crippen molar-refractivity contribution < 1.29 is 13.6 Å². The normalized spacial score (nSPS) is 10.9. The quantitative estimate of drug-likeness (QED) is 0.459. The zero-order valence-electron chi connectivity index (χ0n) is 9.99. The molecule has 3 aromatic rings. The van der Waals surface area contributed by atoms with Crippen LogP contribution in [0.15, 0.2) is 46.3 Å². The van der Waals surface area contributed by atoms with Crippen LogP contribution in [0.4, 0.5) is 8.78 Å². The van der Waals surface area contributed by atoms with Crippen LogP contribution in [0.1, 0.15) is 15.9 Å². The summed E-state index contributed by atoms with van der Waals surface area (Å²) in [6.45, 7) is 0. The van der Waals surface area contributed by atoms with Gasteiger partial charge in [0.05, 0.1) is 4.47 Å². The third-order valence-electron chi connectivity index (χ3n) is 3.00. The highest BCUT2D eigenvalue weighted by Gasteiger charge is 2.19. The zero-order chi connectivity index (χ0) is 14.3. The fraction of sp³-hybridized carbons (Fsp3) is 0. The summed E-state index contributed by atoms with van der Waals surface area (Å²) in [5, 5.41) is 2.85. The van der Waals surface area contributed by atoms with Gasteiger partial charge in [-0.2, -0.15) is 0 Å². The maximum Gasteiger partial charge on any atom is 0.195 e. The van der Waals surface area contributed by atoms with Crippen LogP contribution < -0.4 is 0 Å². The average molecular weight is 353 g/mol. The standard InChI is InChI=1S/C15H7BrF2OS/c16-12-9(4-5-11(17)13(12)18)14(19)10-3-1-2-8-6-7-20-15(8)10/h1-7H. The number of hydrogen-bond donors (Lipinski definition) is 0. The molecule has 5 heteroatoms. The lowest BCUT2D eigenvalue weighted by Gasteiger charge is -2.06. The van der Waals surface area contributed by atoms with Gasteiger partial charge in [0.15, 0.2) is 17.4 Å². The van der Waals surface area contributed by atoms with E-state index in [1.165, 1.54) is 17.4 Å². The van der Waals surface area contributed by atoms with Gasteiger partial charge in [0.2, 0.25) is 0 Å². The van der Waals surface area contributed by atoms with Crippen molar-refractivity contribution in [1.29, 1.82) is 0 Å². The molecule has 0 bridgehead atoms. The highest BCUT2D eigenvalue weighted by molar-refractivity contribution is 9.10. The molecule has 0 aliphatic heterocycles. The van der Waals surface area contributed by atoms with Crippen LogP contribution in [0.3, 0.4) is 0 Å². The van der Waals surface area contributed by atoms with Gasteiger partial charge >= 0.3 is 0 Å². The molecule has 0 atom stereocenters. The minimum Gasteiger partial charge on any atom is -0.289 e. The minimum absolute atomic E-state index is 0.116. The molecule has 0 fully saturated rings. The maximum atomic E-state index is 13.5. The molecule has 0 saturated carbocycles. The van der Waals surface area contributed by atoms with E-state index < -0.39 is 11.6 Å². The molecule has 0 unspecified atom stereocenters. The lowest BCUT2D eigenvalue weighted by molar-refractivity contribution is 0.103. The van der Waals surface area contributed by atoms with E-state index in [0.29, 0.717) is 5.56 Å². The van der Waals surface area contributed by atoms with Crippen LogP contribution in [-0.2, 0) is 0 Å². The van der Waals surface area contributed by atoms with E-state index in [-0.39, 0.29) is 15.8 Å². The summed E-state index contributed by atoms with van der Waals surface area (Å²) in [5.41, 5.74) is 0.606. The molecular weight excluding hydrogens is 346 g/mol. The Morgan fingerprint density at radius 1 is 1.05 bits per heavy atom. The van der Waals surface area contributed by atoms with Crippen LogP contribution in [0.2, 0.25) is 0 Å². The van der Waals surface area contributed by atoms with Gasteiger partial charge in [-0.05, 0) is 51.0 Å². The molecule has 1 nitrogen and oxygen atoms in total. The first kappa shape index (κ1) is 13.4. The van der Waals surface area contributed by atoms with Crippen molar-refractivity contribution in [3.63, 3.8) is 0 Å². The van der Waals surface area contributed by atoms with Crippen molar-refractivity contribution in [2.45, 2.75) is 0 Å². The number of carbonyl (C=O) groups is 1. The van der Waals surface area contributed by atoms with Crippen molar-refractivity contribution in [2.75, 3.05) is 0 Å². The molecule has 0 saturated heterocycles. The second-order valence-electron chi connectivity index (χ2n) is 4.20. The van der Waals surface area contributed by atoms with Crippen LogP contribution in [0, 0.1) is 11.6 Å². The summed E-state index contributed by atoms with van der Waals surface area (Å²) in [5.74, 6) is -2.36. The Kier molecular flexibility index (Phi) is 3.40. The Morgan fingerprint density at radius 2 is 1.85 bits per heavy atom. The highest BCUT2D eigenvalue weighted by Crippen LogP contribution is 2.30. The highest BCUT2D eigenvalue weighted by atomic mass is 79.9. The number of hydrogen-bond acceptors (Lipinski definition) is 2. The molecule has 0 aliphatic carbocycles. The second kappa shape index (κ2) is 5.07. The van der Waals surface area contributed by atoms with Crippen LogP contribution >= 0.6 is 27.3 Å². The van der Waals surface area contributed by atoms with Crippen LogP contribution in [0.25, 0.3) is 10.1 Å². The van der Waals surface area contributed by atoms with E-state index in [1.54, 1.807) is 12.1 Å². The Hall–Kier alpha value is -1.59. The fourth-order valence-corrected chi connectivity index (χ4v) is 3.43. The molecule has 1 aromatic heterocycles. The predicted octanol–water partition coefficient (Wildman–Crippen LogP) is 5.17. The average Bonchev–Trinajstić information content (AvgIpc) is 2.92. The van der Waals surface area contributed by atoms with Gasteiger partial charge in [0, 0.05) is 15.8 Å². The Labute approximate surface area is 126 Å². The van der Waals surface area contributed by atoms with Crippen molar-refractivity contribution in [3.8, 4) is 0 Å². The molecule has 0 N–H and O–H groups in total. The van der Waals surface area contributed by atoms with Crippen LogP contribution in [0.5, 0.6) is 0 Å². The summed E-state index contributed by atoms with van der Waals surface area (Å²) >= 11 is 4.40. The summed E-state index contributed by atoms with van der Waals surface area (Å²) in [6, 6.07) is 9.53. The summed E-state index contributed by atoms with van der Waals surface area (Å²) in [6.07, 6.45) is 0. The number of halogens is 3. The first-order valence-electron chi connectivity index (χ1n) is 5.74. The van der Waals surface area contributed by atoms with Gasteiger partial charge in [-0.15, -0.1) is 11.3 Å². The molecular formula is C15H7BrF2OS. The van der Waals surface area contributed by atoms with E-state index in [2.05, 4.69) is 15.9 Å². The number of ketones is 1. The number of thiophene rings is 1. The van der Waals surface area contributed by atoms with Gasteiger partial charge in [-0.25, -0.2) is 8.78 Å². The van der Waals surface area contributed by atoms with E-state index in [9.17, 15) is 13.6 Å². The van der Waals surface area contributed by atoms with E-state index >= 15 is 0 Å². The second-order valence-corrected chi connectivity index (χ2v) is 5.91. The topological polar surface area (TPSA) is 17.1 Å². The molecule has 0 spiro atoms. The van der Waals surface area contributed by atoms with Crippen molar-refractivity contribution >= 4 is 43.1 Å². The smallest absolute Gasteiger partial charge is 0.195 e. The Morgan fingerprint density at radius 3 is 2.65 bits per heavy atom. The maximum absolute atomic E-state index is 13.5. The largest absolute Gasteiger partial charge is 0.289 e. The summed E-state index contributed by atoms with van der Waals surface area (Å²) in [7, 11) is 0. The van der Waals surface area contributed by atoms with Crippen molar-refractivity contribution in [3.05, 3.63) is 69.0 Å². The van der Waals surface area contributed by atoms with E-state index in [1.807, 2.05) is 17.5 Å². The number of benzene rings is 2. The van der Waals surface area contributed by atoms with Crippen molar-refractivity contribution in [2.24, 2.45) is 0 Å². The summed E-state index contributed by atoms with van der Waals surface area (Å²) < 4.78 is 27.4. The Bertz CT molecular complexity index is 826. The van der Waals surface area contributed by atoms with E-state index in [0.717, 1.165) is 16.2 Å². The molecule has 0 amide bonds.